The molecule has 15 heavy (non-hydrogen) atoms. The Morgan fingerprint density at radius 3 is 2.87 bits per heavy atom. The minimum absolute atomic E-state index is 0.0199. The number of rotatable bonds is 4. The molecular formula is C11H19N3O. The van der Waals surface area contributed by atoms with Gasteiger partial charge in [0.05, 0.1) is 30.4 Å². The predicted molar refractivity (Wildman–Crippen MR) is 58.7 cm³/mol. The maximum Gasteiger partial charge on any atom is 0.0951 e. The van der Waals surface area contributed by atoms with Gasteiger partial charge in [0, 0.05) is 19.1 Å². The molecule has 2 heterocycles. The number of nitrogens with zero attached hydrogens (tertiary/aromatic N) is 2. The molecule has 1 saturated heterocycles. The van der Waals surface area contributed by atoms with Crippen molar-refractivity contribution in [2.75, 3.05) is 13.1 Å². The van der Waals surface area contributed by atoms with E-state index < -0.39 is 0 Å². The van der Waals surface area contributed by atoms with Crippen LogP contribution < -0.4 is 5.32 Å². The molecule has 1 aliphatic heterocycles. The molecule has 84 valence electrons. The van der Waals surface area contributed by atoms with Crippen molar-refractivity contribution in [3.63, 3.8) is 0 Å². The van der Waals surface area contributed by atoms with Gasteiger partial charge >= 0.3 is 0 Å². The number of aromatic nitrogens is 2. The Hall–Kier alpha value is -0.870. The van der Waals surface area contributed by atoms with Crippen LogP contribution in [-0.2, 0) is 11.3 Å². The first-order valence-electron chi connectivity index (χ1n) is 5.46. The highest BCUT2D eigenvalue weighted by molar-refractivity contribution is 4.99. The number of ether oxygens (including phenoxy) is 1. The Labute approximate surface area is 90.6 Å². The molecule has 4 heteroatoms. The van der Waals surface area contributed by atoms with Crippen LogP contribution in [0.4, 0.5) is 0 Å². The fourth-order valence-corrected chi connectivity index (χ4v) is 1.74. The van der Waals surface area contributed by atoms with Crippen molar-refractivity contribution < 1.29 is 4.74 Å². The van der Waals surface area contributed by atoms with E-state index in [0.717, 1.165) is 18.8 Å². The van der Waals surface area contributed by atoms with Gasteiger partial charge in [-0.15, -0.1) is 0 Å². The third-order valence-electron chi connectivity index (χ3n) is 2.87. The highest BCUT2D eigenvalue weighted by atomic mass is 16.5. The standard InChI is InChI=1S/C11H19N3O/c1-9(2)14-8-12-4-10(14)5-15-11(3)6-13-7-11/h4,8-9,13H,5-7H2,1-3H3. The molecule has 0 amide bonds. The SMILES string of the molecule is CC(C)n1cncc1COC1(C)CNC1. The van der Waals surface area contributed by atoms with E-state index in [1.54, 1.807) is 0 Å². The summed E-state index contributed by atoms with van der Waals surface area (Å²) in [6.45, 7) is 8.98. The van der Waals surface area contributed by atoms with E-state index in [2.05, 4.69) is 35.6 Å². The van der Waals surface area contributed by atoms with Crippen molar-refractivity contribution in [2.24, 2.45) is 0 Å². The fourth-order valence-electron chi connectivity index (χ4n) is 1.74. The Balaban J connectivity index is 1.95. The molecular weight excluding hydrogens is 190 g/mol. The van der Waals surface area contributed by atoms with E-state index >= 15 is 0 Å². The molecule has 1 aromatic rings. The third-order valence-corrected chi connectivity index (χ3v) is 2.87. The fraction of sp³-hybridized carbons (Fsp3) is 0.727. The molecule has 0 aromatic carbocycles. The van der Waals surface area contributed by atoms with E-state index in [0.29, 0.717) is 12.6 Å². The molecule has 1 fully saturated rings. The monoisotopic (exact) mass is 209 g/mol. The highest BCUT2D eigenvalue weighted by Crippen LogP contribution is 2.18. The van der Waals surface area contributed by atoms with Crippen LogP contribution in [0.2, 0.25) is 0 Å². The third kappa shape index (κ3) is 2.21. The molecule has 0 unspecified atom stereocenters. The normalized spacial score (nSPS) is 19.2. The maximum atomic E-state index is 5.88. The number of nitrogens with one attached hydrogen (secondary N) is 1. The molecule has 0 radical (unpaired) electrons. The summed E-state index contributed by atoms with van der Waals surface area (Å²) < 4.78 is 8.03. The molecule has 2 rings (SSSR count). The van der Waals surface area contributed by atoms with E-state index in [1.807, 2.05) is 12.5 Å². The van der Waals surface area contributed by atoms with Gasteiger partial charge in [-0.3, -0.25) is 0 Å². The lowest BCUT2D eigenvalue weighted by Crippen LogP contribution is -2.58. The number of imidazole rings is 1. The zero-order chi connectivity index (χ0) is 10.9. The van der Waals surface area contributed by atoms with Gasteiger partial charge in [-0.2, -0.15) is 0 Å². The molecule has 0 spiro atoms. The average molecular weight is 209 g/mol. The molecule has 1 aromatic heterocycles. The minimum Gasteiger partial charge on any atom is -0.366 e. The quantitative estimate of drug-likeness (QED) is 0.813. The molecule has 1 N–H and O–H groups in total. The van der Waals surface area contributed by atoms with Crippen LogP contribution in [0.25, 0.3) is 0 Å². The zero-order valence-electron chi connectivity index (χ0n) is 9.66. The van der Waals surface area contributed by atoms with Crippen molar-refractivity contribution in [1.82, 2.24) is 14.9 Å². The van der Waals surface area contributed by atoms with Gasteiger partial charge in [0.2, 0.25) is 0 Å². The maximum absolute atomic E-state index is 5.88. The first-order valence-corrected chi connectivity index (χ1v) is 5.46. The summed E-state index contributed by atoms with van der Waals surface area (Å²) in [4.78, 5) is 4.16. The van der Waals surface area contributed by atoms with E-state index in [1.165, 1.54) is 0 Å². The summed E-state index contributed by atoms with van der Waals surface area (Å²) >= 11 is 0. The van der Waals surface area contributed by atoms with Crippen LogP contribution in [0, 0.1) is 0 Å². The van der Waals surface area contributed by atoms with Gasteiger partial charge in [0.1, 0.15) is 0 Å². The minimum atomic E-state index is 0.0199. The summed E-state index contributed by atoms with van der Waals surface area (Å²) in [5, 5.41) is 3.22. The topological polar surface area (TPSA) is 39.1 Å². The van der Waals surface area contributed by atoms with Crippen molar-refractivity contribution >= 4 is 0 Å². The predicted octanol–water partition coefficient (Wildman–Crippen LogP) is 1.34. The van der Waals surface area contributed by atoms with Crippen LogP contribution in [0.5, 0.6) is 0 Å². The van der Waals surface area contributed by atoms with Gasteiger partial charge in [-0.25, -0.2) is 4.98 Å². The summed E-state index contributed by atoms with van der Waals surface area (Å²) in [6, 6.07) is 0.443. The molecule has 0 atom stereocenters. The summed E-state index contributed by atoms with van der Waals surface area (Å²) in [6.07, 6.45) is 3.75. The second-order valence-corrected chi connectivity index (χ2v) is 4.73. The Kier molecular flexibility index (Phi) is 2.80. The van der Waals surface area contributed by atoms with Gasteiger partial charge < -0.3 is 14.6 Å². The van der Waals surface area contributed by atoms with E-state index in [9.17, 15) is 0 Å². The molecule has 1 aliphatic rings. The Bertz CT molecular complexity index is 328. The van der Waals surface area contributed by atoms with Crippen molar-refractivity contribution in [2.45, 2.75) is 39.0 Å². The smallest absolute Gasteiger partial charge is 0.0951 e. The molecule has 4 nitrogen and oxygen atoms in total. The second kappa shape index (κ2) is 3.94. The van der Waals surface area contributed by atoms with Crippen molar-refractivity contribution in [1.29, 1.82) is 0 Å². The highest BCUT2D eigenvalue weighted by Gasteiger charge is 2.32. The lowest BCUT2D eigenvalue weighted by Gasteiger charge is -2.39. The lowest BCUT2D eigenvalue weighted by molar-refractivity contribution is -0.0787. The number of hydrogen-bond acceptors (Lipinski definition) is 3. The van der Waals surface area contributed by atoms with Gasteiger partial charge in [-0.05, 0) is 20.8 Å². The van der Waals surface area contributed by atoms with Gasteiger partial charge in [-0.1, -0.05) is 0 Å². The first kappa shape index (κ1) is 10.6. The van der Waals surface area contributed by atoms with E-state index in [4.69, 9.17) is 4.74 Å². The van der Waals surface area contributed by atoms with Crippen LogP contribution in [-0.4, -0.2) is 28.2 Å². The van der Waals surface area contributed by atoms with Crippen LogP contribution >= 0.6 is 0 Å². The zero-order valence-corrected chi connectivity index (χ0v) is 9.66. The Morgan fingerprint density at radius 1 is 1.60 bits per heavy atom. The largest absolute Gasteiger partial charge is 0.366 e. The average Bonchev–Trinajstić information content (AvgIpc) is 2.59. The molecule has 0 saturated carbocycles. The van der Waals surface area contributed by atoms with Crippen molar-refractivity contribution in [3.8, 4) is 0 Å². The second-order valence-electron chi connectivity index (χ2n) is 4.73. The Morgan fingerprint density at radius 2 is 2.33 bits per heavy atom. The van der Waals surface area contributed by atoms with E-state index in [-0.39, 0.29) is 5.60 Å². The van der Waals surface area contributed by atoms with Crippen LogP contribution in [0.15, 0.2) is 12.5 Å². The lowest BCUT2D eigenvalue weighted by atomic mass is 10.0. The first-order chi connectivity index (χ1) is 7.11. The van der Waals surface area contributed by atoms with Gasteiger partial charge in [0.15, 0.2) is 0 Å². The van der Waals surface area contributed by atoms with Gasteiger partial charge in [0.25, 0.3) is 0 Å². The van der Waals surface area contributed by atoms with Crippen LogP contribution in [0.3, 0.4) is 0 Å². The summed E-state index contributed by atoms with van der Waals surface area (Å²) in [7, 11) is 0. The van der Waals surface area contributed by atoms with Crippen LogP contribution in [0.1, 0.15) is 32.5 Å². The number of hydrogen-bond donors (Lipinski definition) is 1. The van der Waals surface area contributed by atoms with Crippen molar-refractivity contribution in [3.05, 3.63) is 18.2 Å². The summed E-state index contributed by atoms with van der Waals surface area (Å²) in [5.41, 5.74) is 1.17. The molecule has 0 bridgehead atoms. The molecule has 0 aliphatic carbocycles. The summed E-state index contributed by atoms with van der Waals surface area (Å²) in [5.74, 6) is 0.